The molecule has 3 rings (SSSR count). The molecular formula is C13H25N3O. The van der Waals surface area contributed by atoms with Gasteiger partial charge in [0.25, 0.3) is 0 Å². The van der Waals surface area contributed by atoms with E-state index in [2.05, 4.69) is 16.8 Å². The van der Waals surface area contributed by atoms with Gasteiger partial charge in [0.15, 0.2) is 0 Å². The zero-order valence-electron chi connectivity index (χ0n) is 10.9. The lowest BCUT2D eigenvalue weighted by molar-refractivity contribution is 0.146. The van der Waals surface area contributed by atoms with Crippen LogP contribution in [0.2, 0.25) is 0 Å². The van der Waals surface area contributed by atoms with Gasteiger partial charge < -0.3 is 10.5 Å². The van der Waals surface area contributed by atoms with Gasteiger partial charge in [-0.25, -0.2) is 0 Å². The van der Waals surface area contributed by atoms with Crippen molar-refractivity contribution in [2.75, 3.05) is 39.9 Å². The molecule has 0 radical (unpaired) electrons. The van der Waals surface area contributed by atoms with E-state index in [1.54, 1.807) is 0 Å². The van der Waals surface area contributed by atoms with Gasteiger partial charge in [-0.1, -0.05) is 0 Å². The van der Waals surface area contributed by atoms with Crippen molar-refractivity contribution in [2.24, 2.45) is 5.73 Å². The van der Waals surface area contributed by atoms with Crippen LogP contribution < -0.4 is 5.73 Å². The summed E-state index contributed by atoms with van der Waals surface area (Å²) in [5.74, 6) is 0. The number of fused-ring (bicyclic) bond motifs is 2. The van der Waals surface area contributed by atoms with Gasteiger partial charge in [0.2, 0.25) is 0 Å². The third-order valence-electron chi connectivity index (χ3n) is 4.90. The molecule has 0 aliphatic carbocycles. The van der Waals surface area contributed by atoms with Crippen molar-refractivity contribution in [2.45, 2.75) is 43.3 Å². The molecule has 17 heavy (non-hydrogen) atoms. The van der Waals surface area contributed by atoms with Gasteiger partial charge in [-0.05, 0) is 39.3 Å². The quantitative estimate of drug-likeness (QED) is 0.751. The van der Waals surface area contributed by atoms with Gasteiger partial charge in [0.05, 0.1) is 12.1 Å². The summed E-state index contributed by atoms with van der Waals surface area (Å²) in [6.45, 7) is 5.02. The Morgan fingerprint density at radius 2 is 2.12 bits per heavy atom. The van der Waals surface area contributed by atoms with Crippen molar-refractivity contribution in [3.05, 3.63) is 0 Å². The number of likely N-dealkylation sites (tertiary alicyclic amines) is 1. The average molecular weight is 239 g/mol. The molecular weight excluding hydrogens is 214 g/mol. The second-order valence-electron chi connectivity index (χ2n) is 6.24. The summed E-state index contributed by atoms with van der Waals surface area (Å²) < 4.78 is 5.45. The first kappa shape index (κ1) is 11.9. The van der Waals surface area contributed by atoms with Crippen LogP contribution in [0.15, 0.2) is 0 Å². The Hall–Kier alpha value is -0.160. The normalized spacial score (nSPS) is 44.1. The largest absolute Gasteiger partial charge is 0.379 e. The summed E-state index contributed by atoms with van der Waals surface area (Å²) in [6, 6.07) is 1.58. The lowest BCUT2D eigenvalue weighted by Gasteiger charge is -2.32. The second kappa shape index (κ2) is 4.50. The minimum absolute atomic E-state index is 0.0812. The van der Waals surface area contributed by atoms with Crippen LogP contribution in [0.5, 0.6) is 0 Å². The first-order chi connectivity index (χ1) is 8.16. The summed E-state index contributed by atoms with van der Waals surface area (Å²) in [4.78, 5) is 5.17. The fourth-order valence-electron chi connectivity index (χ4n) is 3.72. The zero-order chi connectivity index (χ0) is 11.9. The molecule has 3 fully saturated rings. The third kappa shape index (κ3) is 2.36. The number of rotatable bonds is 2. The number of likely N-dealkylation sites (N-methyl/N-ethyl adjacent to an activating group) is 1. The lowest BCUT2D eigenvalue weighted by Crippen LogP contribution is -2.52. The Morgan fingerprint density at radius 1 is 1.29 bits per heavy atom. The van der Waals surface area contributed by atoms with Crippen molar-refractivity contribution < 1.29 is 4.74 Å². The van der Waals surface area contributed by atoms with E-state index < -0.39 is 0 Å². The van der Waals surface area contributed by atoms with E-state index in [4.69, 9.17) is 10.5 Å². The van der Waals surface area contributed by atoms with Crippen LogP contribution in [0.3, 0.4) is 0 Å². The van der Waals surface area contributed by atoms with Crippen LogP contribution in [0.25, 0.3) is 0 Å². The molecule has 2 bridgehead atoms. The molecule has 0 aromatic carbocycles. The van der Waals surface area contributed by atoms with Crippen molar-refractivity contribution in [3.63, 3.8) is 0 Å². The van der Waals surface area contributed by atoms with E-state index in [1.165, 1.54) is 32.4 Å². The van der Waals surface area contributed by atoms with Gasteiger partial charge >= 0.3 is 0 Å². The van der Waals surface area contributed by atoms with Crippen molar-refractivity contribution >= 4 is 0 Å². The number of nitrogens with two attached hydrogens (primary N) is 1. The molecule has 4 heteroatoms. The zero-order valence-corrected chi connectivity index (χ0v) is 10.9. The average Bonchev–Trinajstić information content (AvgIpc) is 2.78. The summed E-state index contributed by atoms with van der Waals surface area (Å²) in [7, 11) is 2.29. The molecule has 3 aliphatic rings. The van der Waals surface area contributed by atoms with Crippen molar-refractivity contribution in [1.82, 2.24) is 9.80 Å². The van der Waals surface area contributed by atoms with Crippen LogP contribution >= 0.6 is 0 Å². The minimum Gasteiger partial charge on any atom is -0.379 e. The van der Waals surface area contributed by atoms with E-state index >= 15 is 0 Å². The smallest absolute Gasteiger partial charge is 0.0659 e. The van der Waals surface area contributed by atoms with E-state index in [-0.39, 0.29) is 5.54 Å². The number of ether oxygens (including phenoxy) is 1. The summed E-state index contributed by atoms with van der Waals surface area (Å²) in [6.07, 6.45) is 5.09. The van der Waals surface area contributed by atoms with Gasteiger partial charge in [0, 0.05) is 31.8 Å². The number of hydrogen-bond donors (Lipinski definition) is 1. The Bertz CT molecular complexity index is 278. The van der Waals surface area contributed by atoms with E-state index in [9.17, 15) is 0 Å². The number of nitrogens with zero attached hydrogens (tertiary/aromatic N) is 2. The number of hydrogen-bond acceptors (Lipinski definition) is 4. The topological polar surface area (TPSA) is 41.7 Å². The SMILES string of the molecule is CN1C2CCC1CN(CC1(N)CCOC1)CC2. The first-order valence-corrected chi connectivity index (χ1v) is 6.97. The molecule has 0 spiro atoms. The molecule has 0 aromatic rings. The van der Waals surface area contributed by atoms with Crippen LogP contribution in [-0.2, 0) is 4.74 Å². The van der Waals surface area contributed by atoms with Crippen molar-refractivity contribution in [3.8, 4) is 0 Å². The van der Waals surface area contributed by atoms with E-state index in [0.717, 1.165) is 38.3 Å². The van der Waals surface area contributed by atoms with Crippen molar-refractivity contribution in [1.29, 1.82) is 0 Å². The van der Waals surface area contributed by atoms with Crippen LogP contribution in [-0.4, -0.2) is 67.3 Å². The molecule has 3 atom stereocenters. The molecule has 4 nitrogen and oxygen atoms in total. The maximum absolute atomic E-state index is 6.39. The maximum Gasteiger partial charge on any atom is 0.0659 e. The lowest BCUT2D eigenvalue weighted by atomic mass is 9.98. The highest BCUT2D eigenvalue weighted by atomic mass is 16.5. The fourth-order valence-corrected chi connectivity index (χ4v) is 3.72. The predicted octanol–water partition coefficient (Wildman–Crippen LogP) is 0.273. The molecule has 0 saturated carbocycles. The summed E-state index contributed by atoms with van der Waals surface area (Å²) >= 11 is 0. The standard InChI is InChI=1S/C13H25N3O/c1-15-11-2-3-12(15)8-16(6-4-11)9-13(14)5-7-17-10-13/h11-12H,2-10,14H2,1H3. The van der Waals surface area contributed by atoms with Gasteiger partial charge in [-0.3, -0.25) is 9.80 Å². The molecule has 3 heterocycles. The van der Waals surface area contributed by atoms with E-state index in [0.29, 0.717) is 0 Å². The molecule has 2 N–H and O–H groups in total. The molecule has 3 unspecified atom stereocenters. The molecule has 3 saturated heterocycles. The predicted molar refractivity (Wildman–Crippen MR) is 68.0 cm³/mol. The minimum atomic E-state index is -0.0812. The highest BCUT2D eigenvalue weighted by Gasteiger charge is 2.38. The van der Waals surface area contributed by atoms with Crippen LogP contribution in [0.1, 0.15) is 25.7 Å². The molecule has 0 amide bonds. The monoisotopic (exact) mass is 239 g/mol. The van der Waals surface area contributed by atoms with Gasteiger partial charge in [-0.2, -0.15) is 0 Å². The first-order valence-electron chi connectivity index (χ1n) is 6.97. The summed E-state index contributed by atoms with van der Waals surface area (Å²) in [5, 5.41) is 0. The Labute approximate surface area is 104 Å². The Balaban J connectivity index is 1.61. The Morgan fingerprint density at radius 3 is 2.88 bits per heavy atom. The molecule has 0 aromatic heterocycles. The van der Waals surface area contributed by atoms with Gasteiger partial charge in [0.1, 0.15) is 0 Å². The third-order valence-corrected chi connectivity index (χ3v) is 4.90. The molecule has 98 valence electrons. The second-order valence-corrected chi connectivity index (χ2v) is 6.24. The van der Waals surface area contributed by atoms with Crippen LogP contribution in [0.4, 0.5) is 0 Å². The van der Waals surface area contributed by atoms with Crippen LogP contribution in [0, 0.1) is 0 Å². The highest BCUT2D eigenvalue weighted by molar-refractivity contribution is 4.96. The highest BCUT2D eigenvalue weighted by Crippen LogP contribution is 2.29. The Kier molecular flexibility index (Phi) is 3.15. The summed E-state index contributed by atoms with van der Waals surface area (Å²) in [5.41, 5.74) is 6.31. The fraction of sp³-hybridized carbons (Fsp3) is 1.00. The van der Waals surface area contributed by atoms with Gasteiger partial charge in [-0.15, -0.1) is 0 Å². The van der Waals surface area contributed by atoms with E-state index in [1.807, 2.05) is 0 Å². The maximum atomic E-state index is 6.39. The molecule has 3 aliphatic heterocycles.